The largest absolute Gasteiger partial charge is 0.462 e. The van der Waals surface area contributed by atoms with Crippen molar-refractivity contribution in [1.82, 2.24) is 0 Å². The van der Waals surface area contributed by atoms with Crippen LogP contribution in [0.5, 0.6) is 0 Å². The first-order chi connectivity index (χ1) is 8.56. The van der Waals surface area contributed by atoms with Crippen molar-refractivity contribution < 1.29 is 14.6 Å². The number of carbonyl (C=O) groups excluding carboxylic acids is 1. The molecule has 0 atom stereocenters. The van der Waals surface area contributed by atoms with E-state index in [1.165, 1.54) is 12.1 Å². The standard InChI is InChI=1S/C12H15Cl2NO3/c13-10-7-8(15)6-9(11(10)14)12(17)18-5-3-1-2-4-16/h6-7,16H,1-5,15H2. The number of aliphatic hydroxyl groups is 1. The Morgan fingerprint density at radius 2 is 2.00 bits per heavy atom. The second-order valence-corrected chi connectivity index (χ2v) is 4.57. The van der Waals surface area contributed by atoms with E-state index in [1.54, 1.807) is 0 Å². The fourth-order valence-corrected chi connectivity index (χ4v) is 1.81. The van der Waals surface area contributed by atoms with Crippen molar-refractivity contribution in [1.29, 1.82) is 0 Å². The van der Waals surface area contributed by atoms with Crippen LogP contribution in [0.4, 0.5) is 5.69 Å². The molecule has 0 aliphatic carbocycles. The van der Waals surface area contributed by atoms with E-state index in [0.717, 1.165) is 6.42 Å². The van der Waals surface area contributed by atoms with Gasteiger partial charge < -0.3 is 15.6 Å². The average molecular weight is 292 g/mol. The zero-order valence-electron chi connectivity index (χ0n) is 9.79. The van der Waals surface area contributed by atoms with Gasteiger partial charge in [-0.15, -0.1) is 0 Å². The molecule has 0 bridgehead atoms. The molecule has 0 radical (unpaired) electrons. The van der Waals surface area contributed by atoms with Crippen LogP contribution >= 0.6 is 23.2 Å². The van der Waals surface area contributed by atoms with Crippen molar-refractivity contribution in [2.45, 2.75) is 19.3 Å². The van der Waals surface area contributed by atoms with Crippen molar-refractivity contribution in [3.05, 3.63) is 27.7 Å². The van der Waals surface area contributed by atoms with Crippen molar-refractivity contribution in [2.24, 2.45) is 0 Å². The van der Waals surface area contributed by atoms with Crippen LogP contribution < -0.4 is 5.73 Å². The minimum Gasteiger partial charge on any atom is -0.462 e. The van der Waals surface area contributed by atoms with Crippen molar-refractivity contribution >= 4 is 34.9 Å². The van der Waals surface area contributed by atoms with Crippen LogP contribution in [-0.4, -0.2) is 24.3 Å². The molecule has 100 valence electrons. The van der Waals surface area contributed by atoms with E-state index in [4.69, 9.17) is 38.8 Å². The highest BCUT2D eigenvalue weighted by atomic mass is 35.5. The predicted octanol–water partition coefficient (Wildman–Crippen LogP) is 2.90. The summed E-state index contributed by atoms with van der Waals surface area (Å²) in [4.78, 5) is 11.7. The number of carbonyl (C=O) groups is 1. The Hall–Kier alpha value is -0.970. The minimum absolute atomic E-state index is 0.143. The highest BCUT2D eigenvalue weighted by Crippen LogP contribution is 2.29. The number of hydrogen-bond donors (Lipinski definition) is 2. The number of hydrogen-bond acceptors (Lipinski definition) is 4. The Morgan fingerprint density at radius 1 is 1.28 bits per heavy atom. The van der Waals surface area contributed by atoms with Gasteiger partial charge in [-0.25, -0.2) is 4.79 Å². The molecule has 18 heavy (non-hydrogen) atoms. The minimum atomic E-state index is -0.543. The molecule has 0 spiro atoms. The molecule has 6 heteroatoms. The van der Waals surface area contributed by atoms with Gasteiger partial charge in [-0.2, -0.15) is 0 Å². The zero-order chi connectivity index (χ0) is 13.5. The summed E-state index contributed by atoms with van der Waals surface area (Å²) in [5, 5.41) is 8.97. The van der Waals surface area contributed by atoms with Crippen molar-refractivity contribution in [3.8, 4) is 0 Å². The third-order valence-corrected chi connectivity index (χ3v) is 3.11. The average Bonchev–Trinajstić information content (AvgIpc) is 2.33. The van der Waals surface area contributed by atoms with Crippen LogP contribution in [0, 0.1) is 0 Å². The van der Waals surface area contributed by atoms with Gasteiger partial charge in [0.1, 0.15) is 0 Å². The quantitative estimate of drug-likeness (QED) is 0.480. The van der Waals surface area contributed by atoms with Gasteiger partial charge in [-0.05, 0) is 31.4 Å². The molecule has 1 rings (SSSR count). The normalized spacial score (nSPS) is 10.4. The number of aliphatic hydroxyl groups excluding tert-OH is 1. The number of unbranched alkanes of at least 4 members (excludes halogenated alkanes) is 2. The highest BCUT2D eigenvalue weighted by molar-refractivity contribution is 6.44. The Labute approximate surface area is 116 Å². The number of rotatable bonds is 6. The summed E-state index contributed by atoms with van der Waals surface area (Å²) in [6, 6.07) is 2.91. The first-order valence-corrected chi connectivity index (χ1v) is 6.34. The van der Waals surface area contributed by atoms with Crippen LogP contribution in [0.3, 0.4) is 0 Å². The highest BCUT2D eigenvalue weighted by Gasteiger charge is 2.15. The van der Waals surface area contributed by atoms with E-state index in [0.29, 0.717) is 18.5 Å². The van der Waals surface area contributed by atoms with Crippen LogP contribution in [0.15, 0.2) is 12.1 Å². The maximum absolute atomic E-state index is 11.7. The van der Waals surface area contributed by atoms with Gasteiger partial charge >= 0.3 is 5.97 Å². The van der Waals surface area contributed by atoms with Gasteiger partial charge in [0, 0.05) is 12.3 Å². The lowest BCUT2D eigenvalue weighted by molar-refractivity contribution is 0.0497. The summed E-state index contributed by atoms with van der Waals surface area (Å²) in [6.45, 7) is 0.423. The fraction of sp³-hybridized carbons (Fsp3) is 0.417. The van der Waals surface area contributed by atoms with Crippen LogP contribution in [0.1, 0.15) is 29.6 Å². The van der Waals surface area contributed by atoms with Gasteiger partial charge in [-0.3, -0.25) is 0 Å². The molecule has 3 N–H and O–H groups in total. The number of ether oxygens (including phenoxy) is 1. The SMILES string of the molecule is Nc1cc(Cl)c(Cl)c(C(=O)OCCCCCO)c1. The Morgan fingerprint density at radius 3 is 2.67 bits per heavy atom. The van der Waals surface area contributed by atoms with E-state index >= 15 is 0 Å². The van der Waals surface area contributed by atoms with E-state index in [1.807, 2.05) is 0 Å². The maximum atomic E-state index is 11.7. The third kappa shape index (κ3) is 4.37. The number of benzene rings is 1. The fourth-order valence-electron chi connectivity index (χ4n) is 1.39. The summed E-state index contributed by atoms with van der Waals surface area (Å²) in [7, 11) is 0. The third-order valence-electron chi connectivity index (χ3n) is 2.31. The van der Waals surface area contributed by atoms with Crippen LogP contribution in [0.2, 0.25) is 10.0 Å². The first-order valence-electron chi connectivity index (χ1n) is 5.58. The first kappa shape index (κ1) is 15.1. The summed E-state index contributed by atoms with van der Waals surface area (Å²) < 4.78 is 5.05. The van der Waals surface area contributed by atoms with Gasteiger partial charge in [0.25, 0.3) is 0 Å². The molecular weight excluding hydrogens is 277 g/mol. The molecule has 0 saturated carbocycles. The molecule has 0 heterocycles. The molecule has 0 saturated heterocycles. The van der Waals surface area contributed by atoms with E-state index in [2.05, 4.69) is 0 Å². The Balaban J connectivity index is 2.56. The van der Waals surface area contributed by atoms with Gasteiger partial charge in [0.15, 0.2) is 0 Å². The van der Waals surface area contributed by atoms with Crippen LogP contribution in [-0.2, 0) is 4.74 Å². The van der Waals surface area contributed by atoms with E-state index < -0.39 is 5.97 Å². The van der Waals surface area contributed by atoms with E-state index in [-0.39, 0.29) is 28.8 Å². The summed E-state index contributed by atoms with van der Waals surface area (Å²) in [5.74, 6) is -0.543. The molecule has 4 nitrogen and oxygen atoms in total. The second-order valence-electron chi connectivity index (χ2n) is 3.78. The van der Waals surface area contributed by atoms with E-state index in [9.17, 15) is 4.79 Å². The van der Waals surface area contributed by atoms with Gasteiger partial charge in [0.05, 0.1) is 22.2 Å². The van der Waals surface area contributed by atoms with Crippen LogP contribution in [0.25, 0.3) is 0 Å². The molecule has 0 aromatic heterocycles. The Kier molecular flexibility index (Phi) is 6.25. The molecule has 0 fully saturated rings. The topological polar surface area (TPSA) is 72.6 Å². The van der Waals surface area contributed by atoms with Crippen molar-refractivity contribution in [3.63, 3.8) is 0 Å². The molecule has 1 aromatic rings. The lowest BCUT2D eigenvalue weighted by Gasteiger charge is -2.08. The molecular formula is C12H15Cl2NO3. The maximum Gasteiger partial charge on any atom is 0.339 e. The number of halogens is 2. The summed E-state index contributed by atoms with van der Waals surface area (Å²) in [6.07, 6.45) is 2.19. The molecule has 0 amide bonds. The van der Waals surface area contributed by atoms with Crippen molar-refractivity contribution in [2.75, 3.05) is 18.9 Å². The molecule has 0 unspecified atom stereocenters. The molecule has 1 aromatic carbocycles. The Bertz CT molecular complexity index is 424. The molecule has 0 aliphatic heterocycles. The number of esters is 1. The van der Waals surface area contributed by atoms with Gasteiger partial charge in [-0.1, -0.05) is 23.2 Å². The predicted molar refractivity (Wildman–Crippen MR) is 72.1 cm³/mol. The summed E-state index contributed by atoms with van der Waals surface area (Å²) in [5.41, 5.74) is 6.11. The lowest BCUT2D eigenvalue weighted by atomic mass is 10.2. The summed E-state index contributed by atoms with van der Waals surface area (Å²) >= 11 is 11.7. The zero-order valence-corrected chi connectivity index (χ0v) is 11.3. The number of nitrogens with two attached hydrogens (primary N) is 1. The second kappa shape index (κ2) is 7.46. The number of nitrogen functional groups attached to an aromatic ring is 1. The lowest BCUT2D eigenvalue weighted by Crippen LogP contribution is -2.08. The smallest absolute Gasteiger partial charge is 0.339 e. The van der Waals surface area contributed by atoms with Gasteiger partial charge in [0.2, 0.25) is 0 Å². The number of anilines is 1. The molecule has 0 aliphatic rings. The monoisotopic (exact) mass is 291 g/mol.